The number of carbonyl (C=O) groups is 1. The minimum atomic E-state index is -0.662. The van der Waals surface area contributed by atoms with Crippen molar-refractivity contribution in [1.82, 2.24) is 4.90 Å². The van der Waals surface area contributed by atoms with E-state index in [1.54, 1.807) is 37.3 Å². The van der Waals surface area contributed by atoms with Crippen molar-refractivity contribution in [1.29, 1.82) is 0 Å². The molecule has 1 saturated heterocycles. The number of anilines is 2. The number of hydrogen-bond acceptors (Lipinski definition) is 4. The van der Waals surface area contributed by atoms with E-state index in [-0.39, 0.29) is 5.91 Å². The van der Waals surface area contributed by atoms with Crippen LogP contribution in [-0.2, 0) is 4.79 Å². The molecule has 2 aromatic rings. The molecule has 1 amide bonds. The van der Waals surface area contributed by atoms with Gasteiger partial charge < -0.3 is 19.9 Å². The minimum Gasteiger partial charge on any atom is -0.481 e. The van der Waals surface area contributed by atoms with Gasteiger partial charge in [0.1, 0.15) is 5.75 Å². The third-order valence-electron chi connectivity index (χ3n) is 4.87. The Morgan fingerprint density at radius 3 is 2.36 bits per heavy atom. The van der Waals surface area contributed by atoms with Crippen molar-refractivity contribution in [2.75, 3.05) is 42.9 Å². The highest BCUT2D eigenvalue weighted by atomic mass is 35.5. The van der Waals surface area contributed by atoms with Gasteiger partial charge in [0.2, 0.25) is 0 Å². The third-order valence-corrected chi connectivity index (χ3v) is 5.36. The van der Waals surface area contributed by atoms with E-state index in [1.165, 1.54) is 0 Å². The van der Waals surface area contributed by atoms with Crippen LogP contribution in [0.25, 0.3) is 0 Å². The molecular weight excluding hydrogens is 397 g/mol. The third kappa shape index (κ3) is 5.31. The summed E-state index contributed by atoms with van der Waals surface area (Å²) in [7, 11) is 0. The molecule has 1 aliphatic heterocycles. The van der Waals surface area contributed by atoms with Gasteiger partial charge in [0, 0.05) is 36.2 Å². The molecule has 28 heavy (non-hydrogen) atoms. The van der Waals surface area contributed by atoms with Gasteiger partial charge in [-0.15, -0.1) is 0 Å². The zero-order valence-corrected chi connectivity index (χ0v) is 17.6. The molecule has 1 fully saturated rings. The topological polar surface area (TPSA) is 44.8 Å². The van der Waals surface area contributed by atoms with Crippen LogP contribution in [0, 0.1) is 0 Å². The van der Waals surface area contributed by atoms with Gasteiger partial charge >= 0.3 is 0 Å². The summed E-state index contributed by atoms with van der Waals surface area (Å²) in [5, 5.41) is 4.18. The number of ether oxygens (including phenoxy) is 1. The van der Waals surface area contributed by atoms with Crippen molar-refractivity contribution in [3.8, 4) is 5.75 Å². The number of benzene rings is 2. The van der Waals surface area contributed by atoms with E-state index in [0.29, 0.717) is 21.5 Å². The Morgan fingerprint density at radius 1 is 1.07 bits per heavy atom. The lowest BCUT2D eigenvalue weighted by Crippen LogP contribution is -2.46. The molecule has 0 radical (unpaired) electrons. The first-order valence-corrected chi connectivity index (χ1v) is 10.2. The second-order valence-corrected chi connectivity index (χ2v) is 7.66. The van der Waals surface area contributed by atoms with Crippen LogP contribution in [0.2, 0.25) is 10.0 Å². The van der Waals surface area contributed by atoms with Crippen molar-refractivity contribution in [2.45, 2.75) is 20.0 Å². The highest BCUT2D eigenvalue weighted by Crippen LogP contribution is 2.30. The molecule has 5 nitrogen and oxygen atoms in total. The minimum absolute atomic E-state index is 0.231. The van der Waals surface area contributed by atoms with E-state index in [0.717, 1.165) is 38.4 Å². The maximum atomic E-state index is 12.7. The Labute approximate surface area is 176 Å². The smallest absolute Gasteiger partial charge is 0.265 e. The Hall–Kier alpha value is -1.95. The number of halogens is 2. The van der Waals surface area contributed by atoms with E-state index in [9.17, 15) is 4.79 Å². The van der Waals surface area contributed by atoms with Gasteiger partial charge in [0.25, 0.3) is 5.91 Å². The molecule has 1 heterocycles. The van der Waals surface area contributed by atoms with E-state index >= 15 is 0 Å². The molecule has 0 bridgehead atoms. The summed E-state index contributed by atoms with van der Waals surface area (Å²) in [6.07, 6.45) is -0.662. The second kappa shape index (κ2) is 9.50. The highest BCUT2D eigenvalue weighted by molar-refractivity contribution is 6.31. The molecule has 7 heteroatoms. The van der Waals surface area contributed by atoms with E-state index in [2.05, 4.69) is 22.0 Å². The average molecular weight is 422 g/mol. The van der Waals surface area contributed by atoms with Gasteiger partial charge in [0.15, 0.2) is 6.10 Å². The fraction of sp³-hybridized carbons (Fsp3) is 0.381. The number of carbonyl (C=O) groups excluding carboxylic acids is 1. The number of amides is 1. The van der Waals surface area contributed by atoms with Crippen molar-refractivity contribution >= 4 is 40.5 Å². The summed E-state index contributed by atoms with van der Waals surface area (Å²) < 4.78 is 5.72. The maximum absolute atomic E-state index is 12.7. The largest absolute Gasteiger partial charge is 0.481 e. The number of nitrogens with one attached hydrogen (secondary N) is 1. The van der Waals surface area contributed by atoms with Crippen LogP contribution >= 0.6 is 23.2 Å². The summed E-state index contributed by atoms with van der Waals surface area (Å²) in [5.41, 5.74) is 1.68. The van der Waals surface area contributed by atoms with Crippen LogP contribution in [0.5, 0.6) is 5.75 Å². The van der Waals surface area contributed by atoms with Gasteiger partial charge in [-0.05, 0) is 55.9 Å². The van der Waals surface area contributed by atoms with E-state index in [4.69, 9.17) is 27.9 Å². The SMILES string of the molecule is CCN1CCN(c2ccc(Cl)cc2NC(=O)C(C)Oc2ccc(Cl)cc2)CC1. The molecule has 150 valence electrons. The zero-order chi connectivity index (χ0) is 20.1. The Balaban J connectivity index is 1.69. The molecule has 1 N–H and O–H groups in total. The Morgan fingerprint density at radius 2 is 1.71 bits per heavy atom. The van der Waals surface area contributed by atoms with E-state index < -0.39 is 6.10 Å². The van der Waals surface area contributed by atoms with Crippen molar-refractivity contribution in [2.24, 2.45) is 0 Å². The number of piperazine rings is 1. The number of rotatable bonds is 6. The lowest BCUT2D eigenvalue weighted by atomic mass is 10.2. The first kappa shape index (κ1) is 20.8. The van der Waals surface area contributed by atoms with Gasteiger partial charge in [-0.25, -0.2) is 0 Å². The standard InChI is InChI=1S/C21H25Cl2N3O2/c1-3-25-10-12-26(13-11-25)20-9-6-17(23)14-19(20)24-21(27)15(2)28-18-7-4-16(22)5-8-18/h4-9,14-15H,3,10-13H2,1-2H3,(H,24,27). The first-order valence-electron chi connectivity index (χ1n) is 9.46. The predicted octanol–water partition coefficient (Wildman–Crippen LogP) is 4.54. The first-order chi connectivity index (χ1) is 13.5. The summed E-state index contributed by atoms with van der Waals surface area (Å²) in [4.78, 5) is 17.4. The van der Waals surface area contributed by atoms with Gasteiger partial charge in [0.05, 0.1) is 11.4 Å². The predicted molar refractivity (Wildman–Crippen MR) is 116 cm³/mol. The van der Waals surface area contributed by atoms with Crippen LogP contribution in [0.1, 0.15) is 13.8 Å². The van der Waals surface area contributed by atoms with Crippen molar-refractivity contribution < 1.29 is 9.53 Å². The monoisotopic (exact) mass is 421 g/mol. The molecule has 0 aliphatic carbocycles. The summed E-state index contributed by atoms with van der Waals surface area (Å²) in [6.45, 7) is 8.77. The number of nitrogens with zero attached hydrogens (tertiary/aromatic N) is 2. The fourth-order valence-corrected chi connectivity index (χ4v) is 3.49. The van der Waals surface area contributed by atoms with E-state index in [1.807, 2.05) is 12.1 Å². The molecule has 0 aromatic heterocycles. The van der Waals surface area contributed by atoms with Gasteiger partial charge in [-0.3, -0.25) is 4.79 Å². The Kier molecular flexibility index (Phi) is 7.05. The normalized spacial score (nSPS) is 15.9. The van der Waals surface area contributed by atoms with Gasteiger partial charge in [-0.1, -0.05) is 30.1 Å². The molecular formula is C21H25Cl2N3O2. The quantitative estimate of drug-likeness (QED) is 0.743. The van der Waals surface area contributed by atoms with Crippen LogP contribution in [0.15, 0.2) is 42.5 Å². The molecule has 2 aromatic carbocycles. The van der Waals surface area contributed by atoms with Crippen molar-refractivity contribution in [3.05, 3.63) is 52.5 Å². The van der Waals surface area contributed by atoms with Crippen molar-refractivity contribution in [3.63, 3.8) is 0 Å². The maximum Gasteiger partial charge on any atom is 0.265 e. The molecule has 0 saturated carbocycles. The molecule has 0 spiro atoms. The van der Waals surface area contributed by atoms with Crippen LogP contribution in [0.3, 0.4) is 0 Å². The molecule has 1 aliphatic rings. The number of hydrogen-bond donors (Lipinski definition) is 1. The summed E-state index contributed by atoms with van der Waals surface area (Å²) in [5.74, 6) is 0.361. The van der Waals surface area contributed by atoms with Crippen LogP contribution < -0.4 is 15.0 Å². The lowest BCUT2D eigenvalue weighted by molar-refractivity contribution is -0.122. The second-order valence-electron chi connectivity index (χ2n) is 6.79. The molecule has 1 atom stereocenters. The fourth-order valence-electron chi connectivity index (χ4n) is 3.19. The highest BCUT2D eigenvalue weighted by Gasteiger charge is 2.21. The van der Waals surface area contributed by atoms with Gasteiger partial charge in [-0.2, -0.15) is 0 Å². The number of likely N-dealkylation sites (N-methyl/N-ethyl adjacent to an activating group) is 1. The lowest BCUT2D eigenvalue weighted by Gasteiger charge is -2.36. The van der Waals surface area contributed by atoms with Crippen LogP contribution in [-0.4, -0.2) is 49.6 Å². The van der Waals surface area contributed by atoms with Crippen LogP contribution in [0.4, 0.5) is 11.4 Å². The molecule has 1 unspecified atom stereocenters. The summed E-state index contributed by atoms with van der Waals surface area (Å²) >= 11 is 12.1. The average Bonchev–Trinajstić information content (AvgIpc) is 2.70. The Bertz CT molecular complexity index is 806. The molecule has 3 rings (SSSR count). The zero-order valence-electron chi connectivity index (χ0n) is 16.1. The summed E-state index contributed by atoms with van der Waals surface area (Å²) in [6, 6.07) is 12.5.